The SMILES string of the molecule is CC=CC(=O)NCc1cccc(CO)c1. The van der Waals surface area contributed by atoms with Gasteiger partial charge in [-0.05, 0) is 24.1 Å². The van der Waals surface area contributed by atoms with Crippen molar-refractivity contribution in [1.29, 1.82) is 0 Å². The van der Waals surface area contributed by atoms with E-state index in [2.05, 4.69) is 5.32 Å². The van der Waals surface area contributed by atoms with Gasteiger partial charge < -0.3 is 10.4 Å². The molecule has 3 heteroatoms. The van der Waals surface area contributed by atoms with E-state index in [1.807, 2.05) is 24.3 Å². The Hall–Kier alpha value is -1.61. The van der Waals surface area contributed by atoms with Gasteiger partial charge in [-0.2, -0.15) is 0 Å². The summed E-state index contributed by atoms with van der Waals surface area (Å²) in [5, 5.41) is 11.7. The van der Waals surface area contributed by atoms with Crippen LogP contribution in [0.3, 0.4) is 0 Å². The molecule has 0 saturated carbocycles. The van der Waals surface area contributed by atoms with Gasteiger partial charge in [0, 0.05) is 6.54 Å². The van der Waals surface area contributed by atoms with Crippen LogP contribution in [0.1, 0.15) is 18.1 Å². The van der Waals surface area contributed by atoms with Crippen molar-refractivity contribution < 1.29 is 9.90 Å². The fraction of sp³-hybridized carbons (Fsp3) is 0.250. The third-order valence-electron chi connectivity index (χ3n) is 1.96. The number of hydrogen-bond acceptors (Lipinski definition) is 2. The van der Waals surface area contributed by atoms with Crippen molar-refractivity contribution in [2.24, 2.45) is 0 Å². The Labute approximate surface area is 89.4 Å². The average molecular weight is 205 g/mol. The predicted molar refractivity (Wildman–Crippen MR) is 59.0 cm³/mol. The zero-order valence-corrected chi connectivity index (χ0v) is 8.73. The van der Waals surface area contributed by atoms with Crippen molar-refractivity contribution in [3.63, 3.8) is 0 Å². The molecule has 1 aromatic carbocycles. The lowest BCUT2D eigenvalue weighted by atomic mass is 10.1. The minimum atomic E-state index is -0.105. The average Bonchev–Trinajstić information content (AvgIpc) is 2.27. The summed E-state index contributed by atoms with van der Waals surface area (Å²) in [4.78, 5) is 11.1. The molecule has 1 rings (SSSR count). The summed E-state index contributed by atoms with van der Waals surface area (Å²) < 4.78 is 0. The molecule has 0 aliphatic carbocycles. The first-order chi connectivity index (χ1) is 7.26. The lowest BCUT2D eigenvalue weighted by molar-refractivity contribution is -0.116. The zero-order valence-electron chi connectivity index (χ0n) is 8.73. The Morgan fingerprint density at radius 2 is 2.20 bits per heavy atom. The largest absolute Gasteiger partial charge is 0.392 e. The van der Waals surface area contributed by atoms with Crippen molar-refractivity contribution in [2.45, 2.75) is 20.1 Å². The van der Waals surface area contributed by atoms with Crippen molar-refractivity contribution in [1.82, 2.24) is 5.32 Å². The normalized spacial score (nSPS) is 10.5. The molecule has 0 heterocycles. The molecule has 0 aliphatic heterocycles. The molecule has 2 N–H and O–H groups in total. The first kappa shape index (κ1) is 11.5. The van der Waals surface area contributed by atoms with Gasteiger partial charge in [0.15, 0.2) is 0 Å². The standard InChI is InChI=1S/C12H15NO2/c1-2-4-12(15)13-8-10-5-3-6-11(7-10)9-14/h2-7,14H,8-9H2,1H3,(H,13,15). The van der Waals surface area contributed by atoms with Crippen LogP contribution < -0.4 is 5.32 Å². The molecule has 0 radical (unpaired) electrons. The van der Waals surface area contributed by atoms with Crippen molar-refractivity contribution in [3.8, 4) is 0 Å². The van der Waals surface area contributed by atoms with Crippen LogP contribution in [0.25, 0.3) is 0 Å². The quantitative estimate of drug-likeness (QED) is 0.729. The summed E-state index contributed by atoms with van der Waals surface area (Å²) in [5.74, 6) is -0.105. The second kappa shape index (κ2) is 5.98. The predicted octanol–water partition coefficient (Wildman–Crippen LogP) is 1.37. The highest BCUT2D eigenvalue weighted by molar-refractivity contribution is 5.87. The van der Waals surface area contributed by atoms with Gasteiger partial charge in [-0.1, -0.05) is 30.3 Å². The van der Waals surface area contributed by atoms with E-state index in [1.165, 1.54) is 6.08 Å². The first-order valence-electron chi connectivity index (χ1n) is 4.85. The number of nitrogens with one attached hydrogen (secondary N) is 1. The van der Waals surface area contributed by atoms with E-state index >= 15 is 0 Å². The fourth-order valence-corrected chi connectivity index (χ4v) is 1.24. The molecule has 1 aromatic rings. The Bertz CT molecular complexity index is 358. The molecule has 0 aliphatic rings. The van der Waals surface area contributed by atoms with Crippen LogP contribution in [-0.2, 0) is 17.9 Å². The molecule has 0 spiro atoms. The van der Waals surface area contributed by atoms with Crippen LogP contribution in [0.4, 0.5) is 0 Å². The summed E-state index contributed by atoms with van der Waals surface area (Å²) in [6.45, 7) is 2.31. The van der Waals surface area contributed by atoms with E-state index in [9.17, 15) is 4.79 Å². The highest BCUT2D eigenvalue weighted by Crippen LogP contribution is 2.04. The summed E-state index contributed by atoms with van der Waals surface area (Å²) >= 11 is 0. The minimum Gasteiger partial charge on any atom is -0.392 e. The molecule has 0 atom stereocenters. The summed E-state index contributed by atoms with van der Waals surface area (Å²) in [6, 6.07) is 7.49. The van der Waals surface area contributed by atoms with Gasteiger partial charge in [0.2, 0.25) is 5.91 Å². The Kier molecular flexibility index (Phi) is 4.57. The van der Waals surface area contributed by atoms with Gasteiger partial charge in [-0.3, -0.25) is 4.79 Å². The summed E-state index contributed by atoms with van der Waals surface area (Å²) in [5.41, 5.74) is 1.84. The molecule has 0 saturated heterocycles. The van der Waals surface area contributed by atoms with Crippen LogP contribution in [0.5, 0.6) is 0 Å². The molecule has 80 valence electrons. The minimum absolute atomic E-state index is 0.0245. The van der Waals surface area contributed by atoms with E-state index in [-0.39, 0.29) is 12.5 Å². The Morgan fingerprint density at radius 1 is 1.47 bits per heavy atom. The second-order valence-electron chi connectivity index (χ2n) is 3.20. The Balaban J connectivity index is 2.53. The lowest BCUT2D eigenvalue weighted by Gasteiger charge is -2.04. The highest BCUT2D eigenvalue weighted by atomic mass is 16.3. The van der Waals surface area contributed by atoms with Gasteiger partial charge in [0.05, 0.1) is 6.61 Å². The van der Waals surface area contributed by atoms with Crippen LogP contribution in [0.15, 0.2) is 36.4 Å². The van der Waals surface area contributed by atoms with Gasteiger partial charge >= 0.3 is 0 Å². The van der Waals surface area contributed by atoms with Crippen LogP contribution >= 0.6 is 0 Å². The van der Waals surface area contributed by atoms with E-state index in [1.54, 1.807) is 13.0 Å². The summed E-state index contributed by atoms with van der Waals surface area (Å²) in [7, 11) is 0. The van der Waals surface area contributed by atoms with E-state index in [0.29, 0.717) is 6.54 Å². The van der Waals surface area contributed by atoms with Gasteiger partial charge in [0.25, 0.3) is 0 Å². The number of carbonyl (C=O) groups excluding carboxylic acids is 1. The van der Waals surface area contributed by atoms with Gasteiger partial charge in [0.1, 0.15) is 0 Å². The summed E-state index contributed by atoms with van der Waals surface area (Å²) in [6.07, 6.45) is 3.18. The number of amides is 1. The maximum Gasteiger partial charge on any atom is 0.243 e. The molecule has 0 bridgehead atoms. The number of benzene rings is 1. The molecule has 0 unspecified atom stereocenters. The van der Waals surface area contributed by atoms with E-state index in [4.69, 9.17) is 5.11 Å². The maximum atomic E-state index is 11.1. The Morgan fingerprint density at radius 3 is 2.87 bits per heavy atom. The first-order valence-corrected chi connectivity index (χ1v) is 4.85. The van der Waals surface area contributed by atoms with Gasteiger partial charge in [-0.25, -0.2) is 0 Å². The third kappa shape index (κ3) is 3.95. The molecule has 3 nitrogen and oxygen atoms in total. The highest BCUT2D eigenvalue weighted by Gasteiger charge is 1.97. The van der Waals surface area contributed by atoms with E-state index < -0.39 is 0 Å². The number of aliphatic hydroxyl groups excluding tert-OH is 1. The van der Waals surface area contributed by atoms with Crippen molar-refractivity contribution in [3.05, 3.63) is 47.5 Å². The smallest absolute Gasteiger partial charge is 0.243 e. The van der Waals surface area contributed by atoms with Crippen LogP contribution in [-0.4, -0.2) is 11.0 Å². The molecule has 0 aromatic heterocycles. The van der Waals surface area contributed by atoms with Crippen LogP contribution in [0.2, 0.25) is 0 Å². The number of hydrogen-bond donors (Lipinski definition) is 2. The number of aliphatic hydroxyl groups is 1. The number of rotatable bonds is 4. The molecular formula is C12H15NO2. The lowest BCUT2D eigenvalue weighted by Crippen LogP contribution is -2.20. The van der Waals surface area contributed by atoms with E-state index in [0.717, 1.165) is 11.1 Å². The van der Waals surface area contributed by atoms with Crippen molar-refractivity contribution >= 4 is 5.91 Å². The van der Waals surface area contributed by atoms with Crippen LogP contribution in [0, 0.1) is 0 Å². The molecular weight excluding hydrogens is 190 g/mol. The fourth-order valence-electron chi connectivity index (χ4n) is 1.24. The maximum absolute atomic E-state index is 11.1. The topological polar surface area (TPSA) is 49.3 Å². The van der Waals surface area contributed by atoms with Crippen molar-refractivity contribution in [2.75, 3.05) is 0 Å². The number of allylic oxidation sites excluding steroid dienone is 1. The number of carbonyl (C=O) groups is 1. The zero-order chi connectivity index (χ0) is 11.1. The molecule has 1 amide bonds. The van der Waals surface area contributed by atoms with Gasteiger partial charge in [-0.15, -0.1) is 0 Å². The molecule has 15 heavy (non-hydrogen) atoms. The second-order valence-corrected chi connectivity index (χ2v) is 3.20. The molecule has 0 fully saturated rings. The third-order valence-corrected chi connectivity index (χ3v) is 1.96. The monoisotopic (exact) mass is 205 g/mol.